The Morgan fingerprint density at radius 2 is 1.85 bits per heavy atom. The largest absolute Gasteiger partial charge is 0.493 e. The van der Waals surface area contributed by atoms with Crippen molar-refractivity contribution in [3.63, 3.8) is 0 Å². The Morgan fingerprint density at radius 1 is 1.12 bits per heavy atom. The molecule has 1 aliphatic rings. The Morgan fingerprint density at radius 3 is 2.55 bits per heavy atom. The van der Waals surface area contributed by atoms with Crippen LogP contribution in [0.5, 0.6) is 17.2 Å². The summed E-state index contributed by atoms with van der Waals surface area (Å²) in [7, 11) is 2.98. The third kappa shape index (κ3) is 5.48. The number of carboxylic acids is 1. The number of methoxy groups -OCH3 is 1. The lowest BCUT2D eigenvalue weighted by atomic mass is 10.1. The average molecular weight is 453 g/mol. The van der Waals surface area contributed by atoms with Crippen molar-refractivity contribution >= 4 is 29.4 Å². The lowest BCUT2D eigenvalue weighted by molar-refractivity contribution is -0.137. The number of carboxylic acid groups (broad SMARTS) is 1. The summed E-state index contributed by atoms with van der Waals surface area (Å²) in [6.45, 7) is -0.178. The van der Waals surface area contributed by atoms with Crippen LogP contribution in [0.1, 0.15) is 6.42 Å². The highest BCUT2D eigenvalue weighted by atomic mass is 16.5. The topological polar surface area (TPSA) is 125 Å². The lowest BCUT2D eigenvalue weighted by Crippen LogP contribution is -2.57. The van der Waals surface area contributed by atoms with Crippen LogP contribution in [-0.4, -0.2) is 60.4 Å². The van der Waals surface area contributed by atoms with E-state index in [1.54, 1.807) is 42.5 Å². The zero-order valence-electron chi connectivity index (χ0n) is 18.1. The highest BCUT2D eigenvalue weighted by Gasteiger charge is 2.39. The number of carbonyl (C=O) groups is 4. The third-order valence-corrected chi connectivity index (χ3v) is 4.80. The molecule has 10 nitrogen and oxygen atoms in total. The van der Waals surface area contributed by atoms with Crippen molar-refractivity contribution < 1.29 is 33.8 Å². The van der Waals surface area contributed by atoms with Gasteiger partial charge < -0.3 is 24.8 Å². The van der Waals surface area contributed by atoms with E-state index in [1.807, 2.05) is 0 Å². The Kier molecular flexibility index (Phi) is 7.29. The molecule has 1 heterocycles. The van der Waals surface area contributed by atoms with Gasteiger partial charge in [0.15, 0.2) is 23.3 Å². The molecule has 0 bridgehead atoms. The van der Waals surface area contributed by atoms with Gasteiger partial charge in [0.1, 0.15) is 5.75 Å². The summed E-state index contributed by atoms with van der Waals surface area (Å²) >= 11 is 0. The number of likely N-dealkylation sites (N-methyl/N-ethyl adjacent to an activating group) is 1. The number of nitrogens with zero attached hydrogens (tertiary/aromatic N) is 2. The lowest BCUT2D eigenvalue weighted by Gasteiger charge is -2.33. The second-order valence-corrected chi connectivity index (χ2v) is 7.07. The molecule has 2 N–H and O–H groups in total. The smallest absolute Gasteiger partial charge is 0.323 e. The molecule has 0 unspecified atom stereocenters. The maximum atomic E-state index is 13.0. The summed E-state index contributed by atoms with van der Waals surface area (Å²) in [6, 6.07) is 11.0. The van der Waals surface area contributed by atoms with Crippen molar-refractivity contribution in [1.82, 2.24) is 10.2 Å². The fourth-order valence-corrected chi connectivity index (χ4v) is 3.17. The minimum atomic E-state index is -1.45. The molecule has 1 aliphatic heterocycles. The highest BCUT2D eigenvalue weighted by Crippen LogP contribution is 2.33. The number of hydrogen-bond donors (Lipinski definition) is 2. The number of benzene rings is 2. The van der Waals surface area contributed by atoms with E-state index < -0.39 is 29.7 Å². The number of carbonyl (C=O) groups excluding carboxylic acids is 3. The van der Waals surface area contributed by atoms with Gasteiger partial charge in [-0.1, -0.05) is 18.2 Å². The number of anilines is 1. The van der Waals surface area contributed by atoms with Crippen molar-refractivity contribution in [1.29, 1.82) is 0 Å². The van der Waals surface area contributed by atoms with Crippen LogP contribution >= 0.6 is 0 Å². The predicted octanol–water partition coefficient (Wildman–Crippen LogP) is 2.40. The van der Waals surface area contributed by atoms with E-state index in [2.05, 4.69) is 5.32 Å². The van der Waals surface area contributed by atoms with Crippen LogP contribution in [0.25, 0.3) is 0 Å². The van der Waals surface area contributed by atoms with E-state index in [1.165, 1.54) is 37.4 Å². The van der Waals surface area contributed by atoms with Gasteiger partial charge in [0, 0.05) is 31.9 Å². The first-order valence-electron chi connectivity index (χ1n) is 10.0. The van der Waals surface area contributed by atoms with E-state index in [4.69, 9.17) is 14.6 Å². The molecule has 2 aromatic carbocycles. The second-order valence-electron chi connectivity index (χ2n) is 7.07. The number of aliphatic carboxylic acids is 1. The van der Waals surface area contributed by atoms with Gasteiger partial charge in [-0.05, 0) is 24.3 Å². The highest BCUT2D eigenvalue weighted by molar-refractivity contribution is 6.19. The average Bonchev–Trinajstić information content (AvgIpc) is 2.79. The van der Waals surface area contributed by atoms with Gasteiger partial charge in [0.25, 0.3) is 5.91 Å². The molecule has 0 aliphatic carbocycles. The predicted molar refractivity (Wildman–Crippen MR) is 118 cm³/mol. The number of ketones is 1. The number of hydrogen-bond acceptors (Lipinski definition) is 6. The molecule has 1 atom stereocenters. The van der Waals surface area contributed by atoms with Crippen LogP contribution in [0.4, 0.5) is 10.5 Å². The van der Waals surface area contributed by atoms with E-state index in [9.17, 15) is 19.2 Å². The van der Waals surface area contributed by atoms with E-state index in [0.717, 1.165) is 4.90 Å². The molecule has 172 valence electrons. The fraction of sp³-hybridized carbons (Fsp3) is 0.217. The van der Waals surface area contributed by atoms with Crippen LogP contribution in [0.2, 0.25) is 0 Å². The van der Waals surface area contributed by atoms with Crippen LogP contribution in [0, 0.1) is 0 Å². The third-order valence-electron chi connectivity index (χ3n) is 4.80. The molecular formula is C23H23N3O7. The number of rotatable bonds is 8. The van der Waals surface area contributed by atoms with Crippen LogP contribution in [0.3, 0.4) is 0 Å². The number of para-hydroxylation sites is 2. The van der Waals surface area contributed by atoms with Gasteiger partial charge in [-0.15, -0.1) is 0 Å². The maximum absolute atomic E-state index is 13.0. The molecule has 3 rings (SSSR count). The molecular weight excluding hydrogens is 430 g/mol. The van der Waals surface area contributed by atoms with Gasteiger partial charge in [-0.3, -0.25) is 19.3 Å². The molecule has 10 heteroatoms. The summed E-state index contributed by atoms with van der Waals surface area (Å²) in [5, 5.41) is 11.3. The molecule has 0 saturated heterocycles. The van der Waals surface area contributed by atoms with Gasteiger partial charge >= 0.3 is 12.0 Å². The first kappa shape index (κ1) is 23.3. The zero-order chi connectivity index (χ0) is 24.0. The van der Waals surface area contributed by atoms with Crippen molar-refractivity contribution in [3.8, 4) is 17.2 Å². The molecule has 0 aromatic heterocycles. The van der Waals surface area contributed by atoms with E-state index >= 15 is 0 Å². The summed E-state index contributed by atoms with van der Waals surface area (Å²) in [4.78, 5) is 51.4. The zero-order valence-corrected chi connectivity index (χ0v) is 18.1. The Hall–Kier alpha value is -4.34. The monoisotopic (exact) mass is 453 g/mol. The van der Waals surface area contributed by atoms with Gasteiger partial charge in [-0.2, -0.15) is 0 Å². The van der Waals surface area contributed by atoms with Crippen molar-refractivity contribution in [2.45, 2.75) is 12.5 Å². The van der Waals surface area contributed by atoms with E-state index in [0.29, 0.717) is 17.2 Å². The summed E-state index contributed by atoms with van der Waals surface area (Å²) in [6.07, 6.45) is 2.21. The second kappa shape index (κ2) is 10.3. The number of ether oxygens (including phenoxy) is 2. The Labute approximate surface area is 190 Å². The fourth-order valence-electron chi connectivity index (χ4n) is 3.17. The molecule has 0 radical (unpaired) electrons. The molecule has 0 saturated carbocycles. The number of urea groups is 1. The standard InChI is InChI=1S/C23H23N3O7/c1-25-13-11-17(27)21(22(25)30)26(23(31)24-12-10-20(28)29)15-6-5-7-16(14-15)33-19-9-4-3-8-18(19)32-2/h3-9,11,13-14,21H,10,12H2,1-2H3,(H,24,31)(H,28,29)/t21-/m0/s1. The molecule has 0 fully saturated rings. The number of nitrogens with one attached hydrogen (secondary N) is 1. The van der Waals surface area contributed by atoms with Gasteiger partial charge in [-0.25, -0.2) is 4.79 Å². The quantitative estimate of drug-likeness (QED) is 0.588. The maximum Gasteiger partial charge on any atom is 0.323 e. The van der Waals surface area contributed by atoms with Crippen molar-refractivity contribution in [2.24, 2.45) is 0 Å². The SMILES string of the molecule is COc1ccccc1Oc1cccc(N(C(=O)NCCC(=O)O)[C@H]2C(=O)C=CN(C)C2=O)c1. The van der Waals surface area contributed by atoms with E-state index in [-0.39, 0.29) is 18.7 Å². The molecule has 0 spiro atoms. The Balaban J connectivity index is 1.96. The minimum Gasteiger partial charge on any atom is -0.493 e. The first-order valence-corrected chi connectivity index (χ1v) is 10.0. The van der Waals surface area contributed by atoms with Crippen LogP contribution < -0.4 is 19.7 Å². The summed E-state index contributed by atoms with van der Waals surface area (Å²) < 4.78 is 11.2. The first-order chi connectivity index (χ1) is 15.8. The number of amides is 3. The van der Waals surface area contributed by atoms with Gasteiger partial charge in [0.2, 0.25) is 0 Å². The minimum absolute atomic E-state index is 0.178. The van der Waals surface area contributed by atoms with Crippen molar-refractivity contribution in [2.75, 3.05) is 25.6 Å². The van der Waals surface area contributed by atoms with Crippen LogP contribution in [0.15, 0.2) is 60.8 Å². The van der Waals surface area contributed by atoms with Crippen molar-refractivity contribution in [3.05, 3.63) is 60.8 Å². The normalized spacial score (nSPS) is 15.2. The molecule has 33 heavy (non-hydrogen) atoms. The summed E-state index contributed by atoms with van der Waals surface area (Å²) in [5.74, 6) is -1.02. The summed E-state index contributed by atoms with van der Waals surface area (Å²) in [5.41, 5.74) is 0.214. The molecule has 3 amide bonds. The Bertz CT molecular complexity index is 1100. The van der Waals surface area contributed by atoms with Gasteiger partial charge in [0.05, 0.1) is 19.2 Å². The molecule has 2 aromatic rings. The van der Waals surface area contributed by atoms with Crippen LogP contribution in [-0.2, 0) is 14.4 Å².